The first kappa shape index (κ1) is 51.8. The molecule has 1 aliphatic rings. The Kier molecular flexibility index (Phi) is 18.9. The summed E-state index contributed by atoms with van der Waals surface area (Å²) in [6, 6.07) is 36.7. The highest BCUT2D eigenvalue weighted by atomic mass is 35.5. The monoisotopic (exact) mass is 972 g/mol. The molecule has 1 unspecified atom stereocenters. The Bertz CT molecular complexity index is 2510. The van der Waals surface area contributed by atoms with Gasteiger partial charge in [0.2, 0.25) is 11.8 Å². The molecule has 0 aliphatic heterocycles. The van der Waals surface area contributed by atoms with E-state index in [4.69, 9.17) is 25.8 Å². The van der Waals surface area contributed by atoms with E-state index in [0.29, 0.717) is 40.3 Å². The number of hydrogen-bond donors (Lipinski definition) is 4. The summed E-state index contributed by atoms with van der Waals surface area (Å²) in [6.07, 6.45) is 3.16. The summed E-state index contributed by atoms with van der Waals surface area (Å²) in [5, 5.41) is 11.6. The lowest BCUT2D eigenvalue weighted by atomic mass is 9.79. The summed E-state index contributed by atoms with van der Waals surface area (Å²) >= 11 is 8.48. The fraction of sp³-hybridized carbons (Fsp3) is 0.327. The van der Waals surface area contributed by atoms with Crippen molar-refractivity contribution in [1.29, 1.82) is 0 Å². The SMILES string of the molecule is C=CCOC(=O)NCCCC[C@H](NC(=O)[C@@H](NC(=O)[C@H](CCSC)NC(=O)OCC1c2ccccc2-c2ccccc21)C(C)C)C(=O)OC(c1ccccc1)(c1ccc(C)cc1)c1ccccc1Cl. The molecule has 14 heteroatoms. The highest BCUT2D eigenvalue weighted by molar-refractivity contribution is 7.98. The van der Waals surface area contributed by atoms with Gasteiger partial charge in [0.25, 0.3) is 0 Å². The zero-order valence-electron chi connectivity index (χ0n) is 39.5. The zero-order chi connectivity index (χ0) is 49.3. The van der Waals surface area contributed by atoms with Crippen LogP contribution in [0.1, 0.15) is 78.8 Å². The second kappa shape index (κ2) is 25.2. The van der Waals surface area contributed by atoms with Gasteiger partial charge in [0, 0.05) is 34.2 Å². The van der Waals surface area contributed by atoms with Crippen LogP contribution in [0.5, 0.6) is 0 Å². The molecule has 0 saturated carbocycles. The zero-order valence-corrected chi connectivity index (χ0v) is 41.1. The third-order valence-corrected chi connectivity index (χ3v) is 13.1. The van der Waals surface area contributed by atoms with Crippen molar-refractivity contribution in [2.45, 2.75) is 76.1 Å². The lowest BCUT2D eigenvalue weighted by Crippen LogP contribution is -2.58. The number of rotatable bonds is 23. The molecule has 4 N–H and O–H groups in total. The number of esters is 1. The van der Waals surface area contributed by atoms with E-state index in [9.17, 15) is 19.2 Å². The summed E-state index contributed by atoms with van der Waals surface area (Å²) in [5.41, 5.74) is 5.48. The van der Waals surface area contributed by atoms with E-state index in [2.05, 4.69) is 40.0 Å². The third-order valence-electron chi connectivity index (χ3n) is 12.1. The van der Waals surface area contributed by atoms with Crippen LogP contribution in [0, 0.1) is 12.8 Å². The number of thioether (sulfide) groups is 1. The number of fused-ring (bicyclic) bond motifs is 3. The minimum absolute atomic E-state index is 0.0543. The van der Waals surface area contributed by atoms with E-state index in [1.165, 1.54) is 17.8 Å². The van der Waals surface area contributed by atoms with Crippen LogP contribution >= 0.6 is 23.4 Å². The van der Waals surface area contributed by atoms with Crippen LogP contribution in [-0.2, 0) is 34.2 Å². The highest BCUT2D eigenvalue weighted by Crippen LogP contribution is 2.45. The summed E-state index contributed by atoms with van der Waals surface area (Å²) < 4.78 is 17.6. The maximum absolute atomic E-state index is 15.0. The quantitative estimate of drug-likeness (QED) is 0.0164. The minimum Gasteiger partial charge on any atom is -0.449 e. The van der Waals surface area contributed by atoms with Gasteiger partial charge in [-0.3, -0.25) is 9.59 Å². The number of aryl methyl sites for hydroxylation is 1. The first-order valence-electron chi connectivity index (χ1n) is 23.2. The van der Waals surface area contributed by atoms with Crippen molar-refractivity contribution in [3.8, 4) is 11.1 Å². The van der Waals surface area contributed by atoms with Crippen molar-refractivity contribution in [3.05, 3.63) is 178 Å². The number of hydrogen-bond acceptors (Lipinski definition) is 9. The van der Waals surface area contributed by atoms with Gasteiger partial charge in [-0.05, 0) is 78.9 Å². The molecule has 0 bridgehead atoms. The molecule has 0 spiro atoms. The standard InChI is InChI=1S/C55H61ClN4O8S/c1-6-33-66-53(64)57-32-17-16-26-48(52(63)68-55(38-18-8-7-9-19-38,39-29-27-37(4)28-30-39)45-24-14-15-25-46(45)56)58-51(62)49(36(2)3)60-50(61)47(31-34-69-5)59-54(65)67-35-44-42-22-12-10-20-40(42)41-21-11-13-23-43(41)44/h6-15,18-25,27-30,36,44,47-49H,1,16-17,26,31-35H2,2-5H3,(H,57,64)(H,58,62)(H,59,65)(H,60,61)/t47-,48-,49-,55?/m0/s1. The smallest absolute Gasteiger partial charge is 0.407 e. The van der Waals surface area contributed by atoms with E-state index < -0.39 is 59.6 Å². The fourth-order valence-electron chi connectivity index (χ4n) is 8.52. The van der Waals surface area contributed by atoms with Gasteiger partial charge in [0.15, 0.2) is 5.60 Å². The summed E-state index contributed by atoms with van der Waals surface area (Å²) in [5.74, 6) is -2.06. The van der Waals surface area contributed by atoms with Gasteiger partial charge in [-0.15, -0.1) is 0 Å². The second-order valence-electron chi connectivity index (χ2n) is 17.2. The number of carbonyl (C=O) groups is 5. The van der Waals surface area contributed by atoms with Crippen LogP contribution in [0.25, 0.3) is 11.1 Å². The van der Waals surface area contributed by atoms with Gasteiger partial charge in [0.1, 0.15) is 31.3 Å². The van der Waals surface area contributed by atoms with Crippen molar-refractivity contribution >= 4 is 53.3 Å². The predicted octanol–water partition coefficient (Wildman–Crippen LogP) is 9.85. The molecule has 0 radical (unpaired) electrons. The van der Waals surface area contributed by atoms with Crippen molar-refractivity contribution < 1.29 is 38.2 Å². The van der Waals surface area contributed by atoms with Gasteiger partial charge in [-0.25, -0.2) is 14.4 Å². The molecule has 1 aliphatic carbocycles. The molecule has 0 heterocycles. The van der Waals surface area contributed by atoms with Gasteiger partial charge >= 0.3 is 18.2 Å². The Hall–Kier alpha value is -6.57. The van der Waals surface area contributed by atoms with Gasteiger partial charge in [-0.2, -0.15) is 11.8 Å². The molecule has 0 fully saturated rings. The van der Waals surface area contributed by atoms with Crippen LogP contribution in [0.4, 0.5) is 9.59 Å². The molecule has 0 aromatic heterocycles. The Morgan fingerprint density at radius 3 is 1.97 bits per heavy atom. The van der Waals surface area contributed by atoms with Crippen LogP contribution in [-0.4, -0.2) is 79.9 Å². The number of ether oxygens (including phenoxy) is 3. The van der Waals surface area contributed by atoms with Gasteiger partial charge in [0.05, 0.1) is 0 Å². The number of unbranched alkanes of at least 4 members (excludes halogenated alkanes) is 1. The van der Waals surface area contributed by atoms with E-state index in [0.717, 1.165) is 27.8 Å². The van der Waals surface area contributed by atoms with Gasteiger partial charge in [-0.1, -0.05) is 165 Å². The predicted molar refractivity (Wildman–Crippen MR) is 272 cm³/mol. The van der Waals surface area contributed by atoms with E-state index >= 15 is 4.79 Å². The van der Waals surface area contributed by atoms with Crippen molar-refractivity contribution in [2.24, 2.45) is 5.92 Å². The summed E-state index contributed by atoms with van der Waals surface area (Å²) in [4.78, 5) is 69.3. The van der Waals surface area contributed by atoms with Gasteiger partial charge < -0.3 is 35.5 Å². The van der Waals surface area contributed by atoms with E-state index in [1.54, 1.807) is 26.0 Å². The number of amides is 4. The molecular weight excluding hydrogens is 912 g/mol. The largest absolute Gasteiger partial charge is 0.449 e. The highest BCUT2D eigenvalue weighted by Gasteiger charge is 2.44. The summed E-state index contributed by atoms with van der Waals surface area (Å²) in [6.45, 7) is 9.43. The number of carbonyl (C=O) groups excluding carboxylic acids is 5. The molecule has 4 atom stereocenters. The average molecular weight is 974 g/mol. The van der Waals surface area contributed by atoms with E-state index in [-0.39, 0.29) is 38.5 Å². The normalized spacial score (nSPS) is 13.9. The second-order valence-corrected chi connectivity index (χ2v) is 18.6. The Labute approximate surface area is 414 Å². The Balaban J connectivity index is 1.23. The molecule has 4 amide bonds. The lowest BCUT2D eigenvalue weighted by Gasteiger charge is -2.37. The first-order chi connectivity index (χ1) is 33.4. The average Bonchev–Trinajstić information content (AvgIpc) is 3.68. The lowest BCUT2D eigenvalue weighted by molar-refractivity contribution is -0.157. The van der Waals surface area contributed by atoms with Crippen LogP contribution in [0.2, 0.25) is 5.02 Å². The fourth-order valence-corrected chi connectivity index (χ4v) is 9.26. The number of benzene rings is 5. The molecule has 362 valence electrons. The van der Waals surface area contributed by atoms with Crippen molar-refractivity contribution in [1.82, 2.24) is 21.3 Å². The number of nitrogens with one attached hydrogen (secondary N) is 4. The Morgan fingerprint density at radius 1 is 0.710 bits per heavy atom. The summed E-state index contributed by atoms with van der Waals surface area (Å²) in [7, 11) is 0. The minimum atomic E-state index is -1.56. The van der Waals surface area contributed by atoms with Crippen LogP contribution in [0.15, 0.2) is 140 Å². The molecule has 5 aromatic carbocycles. The Morgan fingerprint density at radius 2 is 1.33 bits per heavy atom. The van der Waals surface area contributed by atoms with E-state index in [1.807, 2.05) is 116 Å². The van der Waals surface area contributed by atoms with Crippen LogP contribution < -0.4 is 21.3 Å². The molecular formula is C55H61ClN4O8S. The van der Waals surface area contributed by atoms with Crippen molar-refractivity contribution in [3.63, 3.8) is 0 Å². The maximum atomic E-state index is 15.0. The number of alkyl carbamates (subject to hydrolysis) is 2. The number of halogens is 1. The maximum Gasteiger partial charge on any atom is 0.407 e. The molecule has 69 heavy (non-hydrogen) atoms. The third kappa shape index (κ3) is 13.2. The van der Waals surface area contributed by atoms with Crippen molar-refractivity contribution in [2.75, 3.05) is 31.8 Å². The molecule has 12 nitrogen and oxygen atoms in total. The molecule has 6 rings (SSSR count). The first-order valence-corrected chi connectivity index (χ1v) is 25.0. The molecule has 0 saturated heterocycles. The molecule has 5 aromatic rings. The van der Waals surface area contributed by atoms with Crippen LogP contribution in [0.3, 0.4) is 0 Å². The topological polar surface area (TPSA) is 161 Å².